The lowest BCUT2D eigenvalue weighted by Crippen LogP contribution is -1.99. The Morgan fingerprint density at radius 1 is 1.64 bits per heavy atom. The average molecular weight is 156 g/mol. The molecular weight excluding hydrogens is 144 g/mol. The van der Waals surface area contributed by atoms with Crippen molar-refractivity contribution in [2.24, 2.45) is 0 Å². The Morgan fingerprint density at radius 3 is 2.91 bits per heavy atom. The van der Waals surface area contributed by atoms with Crippen LogP contribution in [0.4, 0.5) is 0 Å². The summed E-state index contributed by atoms with van der Waals surface area (Å²) >= 11 is 0. The quantitative estimate of drug-likeness (QED) is 0.480. The number of hydrogen-bond donors (Lipinski definition) is 1. The van der Waals surface area contributed by atoms with Gasteiger partial charge in [-0.15, -0.1) is 6.58 Å². The molecule has 0 aromatic rings. The van der Waals surface area contributed by atoms with Crippen LogP contribution in [0.3, 0.4) is 0 Å². The van der Waals surface area contributed by atoms with Gasteiger partial charge < -0.3 is 9.84 Å². The molecule has 3 heteroatoms. The summed E-state index contributed by atoms with van der Waals surface area (Å²) in [5.41, 5.74) is 0. The molecule has 0 spiro atoms. The van der Waals surface area contributed by atoms with E-state index in [4.69, 9.17) is 9.84 Å². The van der Waals surface area contributed by atoms with Gasteiger partial charge in [0.05, 0.1) is 12.2 Å². The van der Waals surface area contributed by atoms with Crippen LogP contribution >= 0.6 is 0 Å². The maximum atomic E-state index is 10.1. The maximum absolute atomic E-state index is 10.1. The molecule has 2 atom stereocenters. The Balaban J connectivity index is 2.04. The highest BCUT2D eigenvalue weighted by molar-refractivity contribution is 5.66. The number of ether oxygens (including phenoxy) is 1. The van der Waals surface area contributed by atoms with Crippen molar-refractivity contribution < 1.29 is 14.6 Å². The molecule has 1 N–H and O–H groups in total. The zero-order chi connectivity index (χ0) is 8.27. The number of rotatable bonds is 5. The van der Waals surface area contributed by atoms with Gasteiger partial charge >= 0.3 is 5.97 Å². The van der Waals surface area contributed by atoms with Gasteiger partial charge in [0.15, 0.2) is 0 Å². The fourth-order valence-corrected chi connectivity index (χ4v) is 1.07. The predicted molar refractivity (Wildman–Crippen MR) is 40.3 cm³/mol. The van der Waals surface area contributed by atoms with Gasteiger partial charge in [-0.3, -0.25) is 4.79 Å². The molecule has 62 valence electrons. The SMILES string of the molecule is C=CCC1OC1CCC(=O)O. The minimum atomic E-state index is -0.752. The molecule has 0 aromatic carbocycles. The first-order valence-electron chi connectivity index (χ1n) is 3.72. The van der Waals surface area contributed by atoms with Crippen molar-refractivity contribution in [1.82, 2.24) is 0 Å². The van der Waals surface area contributed by atoms with Gasteiger partial charge in [-0.2, -0.15) is 0 Å². The normalized spacial score (nSPS) is 28.0. The molecule has 11 heavy (non-hydrogen) atoms. The number of carboxylic acids is 1. The van der Waals surface area contributed by atoms with Gasteiger partial charge in [0, 0.05) is 6.42 Å². The highest BCUT2D eigenvalue weighted by Crippen LogP contribution is 2.29. The van der Waals surface area contributed by atoms with Gasteiger partial charge in [-0.1, -0.05) is 6.08 Å². The van der Waals surface area contributed by atoms with Crippen LogP contribution < -0.4 is 0 Å². The first-order valence-corrected chi connectivity index (χ1v) is 3.72. The Hall–Kier alpha value is -0.830. The van der Waals surface area contributed by atoms with E-state index in [1.807, 2.05) is 0 Å². The molecular formula is C8H12O3. The molecule has 1 aliphatic heterocycles. The van der Waals surface area contributed by atoms with Gasteiger partial charge in [0.25, 0.3) is 0 Å². The maximum Gasteiger partial charge on any atom is 0.303 e. The van der Waals surface area contributed by atoms with Crippen molar-refractivity contribution >= 4 is 5.97 Å². The summed E-state index contributed by atoms with van der Waals surface area (Å²) in [6.07, 6.45) is 3.89. The molecule has 0 saturated carbocycles. The Kier molecular flexibility index (Phi) is 2.65. The second-order valence-electron chi connectivity index (χ2n) is 2.67. The topological polar surface area (TPSA) is 49.8 Å². The predicted octanol–water partition coefficient (Wildman–Crippen LogP) is 1.19. The van der Waals surface area contributed by atoms with Gasteiger partial charge in [-0.05, 0) is 12.8 Å². The van der Waals surface area contributed by atoms with E-state index in [1.165, 1.54) is 0 Å². The summed E-state index contributed by atoms with van der Waals surface area (Å²) in [6, 6.07) is 0. The molecule has 1 rings (SSSR count). The molecule has 0 radical (unpaired) electrons. The highest BCUT2D eigenvalue weighted by atomic mass is 16.6. The van der Waals surface area contributed by atoms with Crippen LogP contribution in [0.2, 0.25) is 0 Å². The summed E-state index contributed by atoms with van der Waals surface area (Å²) in [5, 5.41) is 8.33. The summed E-state index contributed by atoms with van der Waals surface area (Å²) in [5.74, 6) is -0.752. The van der Waals surface area contributed by atoms with Crippen molar-refractivity contribution in [2.45, 2.75) is 31.5 Å². The molecule has 3 nitrogen and oxygen atoms in total. The monoisotopic (exact) mass is 156 g/mol. The smallest absolute Gasteiger partial charge is 0.303 e. The van der Waals surface area contributed by atoms with E-state index < -0.39 is 5.97 Å². The summed E-state index contributed by atoms with van der Waals surface area (Å²) in [6.45, 7) is 3.57. The molecule has 0 aromatic heterocycles. The van der Waals surface area contributed by atoms with Crippen molar-refractivity contribution in [1.29, 1.82) is 0 Å². The lowest BCUT2D eigenvalue weighted by molar-refractivity contribution is -0.137. The Bertz CT molecular complexity index is 165. The molecule has 1 aliphatic rings. The van der Waals surface area contributed by atoms with Crippen LogP contribution in [-0.2, 0) is 9.53 Å². The molecule has 2 unspecified atom stereocenters. The van der Waals surface area contributed by atoms with E-state index in [9.17, 15) is 4.79 Å². The Labute approximate surface area is 65.7 Å². The minimum absolute atomic E-state index is 0.170. The van der Waals surface area contributed by atoms with Crippen LogP contribution in [-0.4, -0.2) is 23.3 Å². The minimum Gasteiger partial charge on any atom is -0.481 e. The van der Waals surface area contributed by atoms with Crippen LogP contribution in [0.5, 0.6) is 0 Å². The van der Waals surface area contributed by atoms with Crippen molar-refractivity contribution in [3.05, 3.63) is 12.7 Å². The number of carboxylic acid groups (broad SMARTS) is 1. The van der Waals surface area contributed by atoms with Crippen molar-refractivity contribution in [3.63, 3.8) is 0 Å². The third-order valence-electron chi connectivity index (χ3n) is 1.73. The zero-order valence-corrected chi connectivity index (χ0v) is 6.32. The number of aliphatic carboxylic acids is 1. The second-order valence-corrected chi connectivity index (χ2v) is 2.67. The summed E-state index contributed by atoms with van der Waals surface area (Å²) in [4.78, 5) is 10.1. The Morgan fingerprint density at radius 2 is 2.36 bits per heavy atom. The highest BCUT2D eigenvalue weighted by Gasteiger charge is 2.36. The zero-order valence-electron chi connectivity index (χ0n) is 6.32. The van der Waals surface area contributed by atoms with E-state index in [0.29, 0.717) is 6.42 Å². The van der Waals surface area contributed by atoms with Crippen molar-refractivity contribution in [3.8, 4) is 0 Å². The van der Waals surface area contributed by atoms with E-state index in [2.05, 4.69) is 6.58 Å². The number of hydrogen-bond acceptors (Lipinski definition) is 2. The molecule has 1 heterocycles. The fraction of sp³-hybridized carbons (Fsp3) is 0.625. The molecule has 0 amide bonds. The van der Waals surface area contributed by atoms with Crippen LogP contribution in [0, 0.1) is 0 Å². The largest absolute Gasteiger partial charge is 0.481 e. The number of carbonyl (C=O) groups is 1. The van der Waals surface area contributed by atoms with Crippen LogP contribution in [0.25, 0.3) is 0 Å². The first-order chi connectivity index (χ1) is 5.24. The summed E-state index contributed by atoms with van der Waals surface area (Å²) in [7, 11) is 0. The molecule has 1 saturated heterocycles. The van der Waals surface area contributed by atoms with E-state index >= 15 is 0 Å². The van der Waals surface area contributed by atoms with Gasteiger partial charge in [0.2, 0.25) is 0 Å². The van der Waals surface area contributed by atoms with Gasteiger partial charge in [0.1, 0.15) is 0 Å². The van der Waals surface area contributed by atoms with Crippen molar-refractivity contribution in [2.75, 3.05) is 0 Å². The fourth-order valence-electron chi connectivity index (χ4n) is 1.07. The first kappa shape index (κ1) is 8.27. The van der Waals surface area contributed by atoms with Crippen LogP contribution in [0.1, 0.15) is 19.3 Å². The van der Waals surface area contributed by atoms with Crippen LogP contribution in [0.15, 0.2) is 12.7 Å². The number of epoxide rings is 1. The molecule has 1 fully saturated rings. The van der Waals surface area contributed by atoms with E-state index in [-0.39, 0.29) is 18.6 Å². The third-order valence-corrected chi connectivity index (χ3v) is 1.73. The third kappa shape index (κ3) is 2.72. The lowest BCUT2D eigenvalue weighted by Gasteiger charge is -1.88. The van der Waals surface area contributed by atoms with E-state index in [0.717, 1.165) is 6.42 Å². The molecule has 0 bridgehead atoms. The molecule has 0 aliphatic carbocycles. The lowest BCUT2D eigenvalue weighted by atomic mass is 10.1. The summed E-state index contributed by atoms with van der Waals surface area (Å²) < 4.78 is 5.17. The second kappa shape index (κ2) is 3.53. The average Bonchev–Trinajstić information content (AvgIpc) is 2.64. The van der Waals surface area contributed by atoms with E-state index in [1.54, 1.807) is 6.08 Å². The van der Waals surface area contributed by atoms with Gasteiger partial charge in [-0.25, -0.2) is 0 Å². The standard InChI is InChI=1S/C8H12O3/c1-2-3-6-7(11-6)4-5-8(9)10/h2,6-7H,1,3-5H2,(H,9,10).